The summed E-state index contributed by atoms with van der Waals surface area (Å²) in [5, 5.41) is 3.11. The number of benzene rings is 2. The van der Waals surface area contributed by atoms with Crippen LogP contribution in [0.3, 0.4) is 0 Å². The second kappa shape index (κ2) is 5.93. The van der Waals surface area contributed by atoms with Gasteiger partial charge in [-0.05, 0) is 49.2 Å². The Morgan fingerprint density at radius 1 is 1.05 bits per heavy atom. The minimum absolute atomic E-state index is 0.105. The van der Waals surface area contributed by atoms with E-state index < -0.39 is 0 Å². The Balaban J connectivity index is 2.25. The van der Waals surface area contributed by atoms with Gasteiger partial charge in [-0.3, -0.25) is 0 Å². The number of rotatable bonds is 4. The molecule has 19 heavy (non-hydrogen) atoms. The molecule has 2 aromatic rings. The molecule has 0 aromatic heterocycles. The summed E-state index contributed by atoms with van der Waals surface area (Å²) in [6.07, 6.45) is 0.492. The van der Waals surface area contributed by atoms with Crippen LogP contribution in [-0.2, 0) is 6.42 Å². The van der Waals surface area contributed by atoms with E-state index in [1.807, 2.05) is 6.07 Å². The molecule has 3 heteroatoms. The highest BCUT2D eigenvalue weighted by molar-refractivity contribution is 5.28. The van der Waals surface area contributed by atoms with Gasteiger partial charge in [0.25, 0.3) is 0 Å². The van der Waals surface area contributed by atoms with Gasteiger partial charge in [0.05, 0.1) is 0 Å². The molecule has 0 spiro atoms. The summed E-state index contributed by atoms with van der Waals surface area (Å²) in [6, 6.07) is 11.7. The molecule has 0 saturated heterocycles. The van der Waals surface area contributed by atoms with Crippen LogP contribution in [0.5, 0.6) is 0 Å². The number of hydrogen-bond donors (Lipinski definition) is 1. The van der Waals surface area contributed by atoms with Gasteiger partial charge in [-0.1, -0.05) is 30.3 Å². The Labute approximate surface area is 112 Å². The minimum atomic E-state index is -0.230. The van der Waals surface area contributed by atoms with Crippen molar-refractivity contribution in [3.8, 4) is 0 Å². The number of aryl methyl sites for hydroxylation is 1. The predicted molar refractivity (Wildman–Crippen MR) is 73.0 cm³/mol. The second-order valence-corrected chi connectivity index (χ2v) is 4.65. The molecule has 0 aliphatic carbocycles. The van der Waals surface area contributed by atoms with E-state index in [9.17, 15) is 8.78 Å². The van der Waals surface area contributed by atoms with Crippen LogP contribution in [0.15, 0.2) is 42.5 Å². The Morgan fingerprint density at radius 3 is 2.42 bits per heavy atom. The standard InChI is InChI=1S/C16H17F2N/c1-11-7-8-13(9-15(11)18)16(19-2)10-12-5-3-4-6-14(12)17/h3-9,16,19H,10H2,1-2H3. The van der Waals surface area contributed by atoms with E-state index in [2.05, 4.69) is 5.32 Å². The number of likely N-dealkylation sites (N-methyl/N-ethyl adjacent to an activating group) is 1. The lowest BCUT2D eigenvalue weighted by molar-refractivity contribution is 0.548. The third kappa shape index (κ3) is 3.18. The van der Waals surface area contributed by atoms with Crippen LogP contribution >= 0.6 is 0 Å². The first-order valence-electron chi connectivity index (χ1n) is 6.28. The summed E-state index contributed by atoms with van der Waals surface area (Å²) in [5.41, 5.74) is 2.07. The summed E-state index contributed by atoms with van der Waals surface area (Å²) < 4.78 is 27.2. The van der Waals surface area contributed by atoms with Gasteiger partial charge in [0, 0.05) is 6.04 Å². The van der Waals surface area contributed by atoms with Crippen molar-refractivity contribution in [2.45, 2.75) is 19.4 Å². The molecule has 0 heterocycles. The molecule has 1 N–H and O–H groups in total. The lowest BCUT2D eigenvalue weighted by Crippen LogP contribution is -2.19. The van der Waals surface area contributed by atoms with Gasteiger partial charge in [-0.15, -0.1) is 0 Å². The SMILES string of the molecule is CNC(Cc1ccccc1F)c1ccc(C)c(F)c1. The molecule has 0 amide bonds. The molecule has 2 aromatic carbocycles. The maximum absolute atomic E-state index is 13.6. The molecule has 0 bridgehead atoms. The van der Waals surface area contributed by atoms with E-state index in [0.29, 0.717) is 17.5 Å². The topological polar surface area (TPSA) is 12.0 Å². The minimum Gasteiger partial charge on any atom is -0.313 e. The first-order chi connectivity index (χ1) is 9.11. The predicted octanol–water partition coefficient (Wildman–Crippen LogP) is 3.78. The van der Waals surface area contributed by atoms with Crippen molar-refractivity contribution in [2.24, 2.45) is 0 Å². The Bertz CT molecular complexity index is 566. The average Bonchev–Trinajstić information content (AvgIpc) is 2.41. The van der Waals surface area contributed by atoms with Gasteiger partial charge in [0.1, 0.15) is 11.6 Å². The van der Waals surface area contributed by atoms with Gasteiger partial charge in [0.2, 0.25) is 0 Å². The summed E-state index contributed by atoms with van der Waals surface area (Å²) in [5.74, 6) is -0.457. The van der Waals surface area contributed by atoms with Crippen molar-refractivity contribution in [2.75, 3.05) is 7.05 Å². The monoisotopic (exact) mass is 261 g/mol. The van der Waals surface area contributed by atoms with Crippen LogP contribution in [0.4, 0.5) is 8.78 Å². The summed E-state index contributed by atoms with van der Waals surface area (Å²) in [6.45, 7) is 1.73. The zero-order chi connectivity index (χ0) is 13.8. The van der Waals surface area contributed by atoms with Crippen LogP contribution in [0, 0.1) is 18.6 Å². The normalized spacial score (nSPS) is 12.4. The van der Waals surface area contributed by atoms with Crippen molar-refractivity contribution < 1.29 is 8.78 Å². The lowest BCUT2D eigenvalue weighted by atomic mass is 9.97. The van der Waals surface area contributed by atoms with Crippen LogP contribution in [-0.4, -0.2) is 7.05 Å². The first-order valence-corrected chi connectivity index (χ1v) is 6.28. The van der Waals surface area contributed by atoms with Gasteiger partial charge < -0.3 is 5.32 Å². The van der Waals surface area contributed by atoms with Gasteiger partial charge in [-0.2, -0.15) is 0 Å². The molecule has 2 rings (SSSR count). The molecule has 0 radical (unpaired) electrons. The fraction of sp³-hybridized carbons (Fsp3) is 0.250. The Morgan fingerprint density at radius 2 is 1.79 bits per heavy atom. The summed E-state index contributed by atoms with van der Waals surface area (Å²) in [7, 11) is 1.79. The van der Waals surface area contributed by atoms with Crippen molar-refractivity contribution in [1.82, 2.24) is 5.32 Å². The van der Waals surface area contributed by atoms with Gasteiger partial charge in [0.15, 0.2) is 0 Å². The molecular formula is C16H17F2N. The highest BCUT2D eigenvalue weighted by Crippen LogP contribution is 2.21. The third-order valence-corrected chi connectivity index (χ3v) is 3.33. The largest absolute Gasteiger partial charge is 0.313 e. The van der Waals surface area contributed by atoms with E-state index in [1.165, 1.54) is 12.1 Å². The Hall–Kier alpha value is -1.74. The molecular weight excluding hydrogens is 244 g/mol. The number of hydrogen-bond acceptors (Lipinski definition) is 1. The fourth-order valence-electron chi connectivity index (χ4n) is 2.10. The van der Waals surface area contributed by atoms with Crippen LogP contribution in [0.2, 0.25) is 0 Å². The van der Waals surface area contributed by atoms with Crippen LogP contribution < -0.4 is 5.32 Å². The lowest BCUT2D eigenvalue weighted by Gasteiger charge is -2.17. The van der Waals surface area contributed by atoms with Crippen molar-refractivity contribution in [3.05, 3.63) is 70.8 Å². The molecule has 0 saturated carbocycles. The van der Waals surface area contributed by atoms with Crippen LogP contribution in [0.25, 0.3) is 0 Å². The molecule has 100 valence electrons. The third-order valence-electron chi connectivity index (χ3n) is 3.33. The van der Waals surface area contributed by atoms with E-state index >= 15 is 0 Å². The number of halogens is 2. The van der Waals surface area contributed by atoms with E-state index in [0.717, 1.165) is 5.56 Å². The van der Waals surface area contributed by atoms with Crippen molar-refractivity contribution >= 4 is 0 Å². The van der Waals surface area contributed by atoms with Crippen molar-refractivity contribution in [3.63, 3.8) is 0 Å². The quantitative estimate of drug-likeness (QED) is 0.883. The molecule has 1 atom stereocenters. The van der Waals surface area contributed by atoms with Gasteiger partial charge in [-0.25, -0.2) is 8.78 Å². The molecule has 0 aliphatic heterocycles. The van der Waals surface area contributed by atoms with Crippen molar-refractivity contribution in [1.29, 1.82) is 0 Å². The Kier molecular flexibility index (Phi) is 4.27. The summed E-state index contributed by atoms with van der Waals surface area (Å²) >= 11 is 0. The molecule has 1 unspecified atom stereocenters. The number of nitrogens with one attached hydrogen (secondary N) is 1. The van der Waals surface area contributed by atoms with Gasteiger partial charge >= 0.3 is 0 Å². The zero-order valence-electron chi connectivity index (χ0n) is 11.1. The maximum Gasteiger partial charge on any atom is 0.126 e. The molecule has 0 aliphatic rings. The van der Waals surface area contributed by atoms with E-state index in [4.69, 9.17) is 0 Å². The second-order valence-electron chi connectivity index (χ2n) is 4.65. The molecule has 1 nitrogen and oxygen atoms in total. The van der Waals surface area contributed by atoms with Crippen LogP contribution in [0.1, 0.15) is 22.7 Å². The smallest absolute Gasteiger partial charge is 0.126 e. The van der Waals surface area contributed by atoms with E-state index in [-0.39, 0.29) is 17.7 Å². The fourth-order valence-corrected chi connectivity index (χ4v) is 2.10. The van der Waals surface area contributed by atoms with E-state index in [1.54, 1.807) is 38.2 Å². The zero-order valence-corrected chi connectivity index (χ0v) is 11.1. The average molecular weight is 261 g/mol. The molecule has 0 fully saturated rings. The first kappa shape index (κ1) is 13.7. The summed E-state index contributed by atoms with van der Waals surface area (Å²) in [4.78, 5) is 0. The highest BCUT2D eigenvalue weighted by Gasteiger charge is 2.13. The highest BCUT2D eigenvalue weighted by atomic mass is 19.1. The maximum atomic E-state index is 13.6.